The molecule has 0 heterocycles. The molecule has 0 atom stereocenters. The average Bonchev–Trinajstić information content (AvgIpc) is 3.14. The van der Waals surface area contributed by atoms with Crippen molar-refractivity contribution in [2.45, 2.75) is 105 Å². The number of amides is 2. The van der Waals surface area contributed by atoms with Crippen LogP contribution in [0.2, 0.25) is 0 Å². The molecule has 12 nitrogen and oxygen atoms in total. The molecule has 0 aromatic heterocycles. The average molecular weight is 705 g/mol. The molecule has 2 rings (SSSR count). The third-order valence-corrected chi connectivity index (χ3v) is 6.75. The number of carbonyl (C=O) groups is 4. The Bertz CT molecular complexity index is 1070. The summed E-state index contributed by atoms with van der Waals surface area (Å²) in [6.45, 7) is 9.26. The van der Waals surface area contributed by atoms with Gasteiger partial charge in [-0.25, -0.2) is 9.59 Å². The molecule has 0 aliphatic carbocycles. The first kappa shape index (κ1) is 45.5. The number of hydrogen-bond donors (Lipinski definition) is 2. The lowest BCUT2D eigenvalue weighted by atomic mass is 10.2. The molecule has 0 aliphatic heterocycles. The van der Waals surface area contributed by atoms with Gasteiger partial charge < -0.3 is 28.4 Å². The molecule has 2 aromatic rings. The molecule has 0 aliphatic rings. The van der Waals surface area contributed by atoms with Crippen LogP contribution in [0.4, 0.5) is 21.0 Å². The van der Waals surface area contributed by atoms with Crippen LogP contribution in [0.15, 0.2) is 48.5 Å². The maximum Gasteiger partial charge on any atom is 0.411 e. The zero-order valence-corrected chi connectivity index (χ0v) is 31.0. The normalized spacial score (nSPS) is 9.80. The number of rotatable bonds is 22. The Morgan fingerprint density at radius 3 is 1.18 bits per heavy atom. The zero-order chi connectivity index (χ0) is 37.2. The number of esters is 2. The topological polar surface area (TPSA) is 148 Å². The minimum atomic E-state index is -0.683. The van der Waals surface area contributed by atoms with Crippen LogP contribution in [-0.2, 0) is 28.5 Å². The summed E-state index contributed by atoms with van der Waals surface area (Å²) in [6.07, 6.45) is 9.83. The van der Waals surface area contributed by atoms with Gasteiger partial charge in [-0.2, -0.15) is 0 Å². The van der Waals surface area contributed by atoms with Crippen LogP contribution in [0.3, 0.4) is 0 Å². The smallest absolute Gasteiger partial charge is 0.411 e. The Balaban J connectivity index is 0.00000270. The fourth-order valence-corrected chi connectivity index (χ4v) is 4.03. The molecule has 2 amide bonds. The number of benzene rings is 2. The first-order chi connectivity index (χ1) is 24.3. The van der Waals surface area contributed by atoms with Crippen molar-refractivity contribution in [3.8, 4) is 11.5 Å². The standard InChI is InChI=1S/C30H40N2O10.C6H14.C2H6/c1-37-27(33)9-5-3-7-19-39-25-15-11-23(12-16-25)31-29(35)41-21-22-42-30(36)32-24-13-17-26(18-14-24)40-20-8-4-6-10-28(34)38-2;1-3-5-6-4-2;1-2/h11-18H,3-10,19-22H2,1-2H3,(H,31,35)(H,32,36);3-6H2,1-2H3;1-2H3. The van der Waals surface area contributed by atoms with Crippen molar-refractivity contribution < 1.29 is 47.6 Å². The fourth-order valence-electron chi connectivity index (χ4n) is 4.03. The van der Waals surface area contributed by atoms with Gasteiger partial charge in [0.05, 0.1) is 27.4 Å². The van der Waals surface area contributed by atoms with Gasteiger partial charge >= 0.3 is 24.1 Å². The maximum atomic E-state index is 12.0. The highest BCUT2D eigenvalue weighted by molar-refractivity contribution is 5.85. The van der Waals surface area contributed by atoms with Crippen LogP contribution in [0.5, 0.6) is 11.5 Å². The maximum absolute atomic E-state index is 12.0. The van der Waals surface area contributed by atoms with Crippen LogP contribution < -0.4 is 20.1 Å². The fraction of sp³-hybridized carbons (Fsp3) is 0.579. The summed E-state index contributed by atoms with van der Waals surface area (Å²) in [5.41, 5.74) is 1.05. The van der Waals surface area contributed by atoms with E-state index in [4.69, 9.17) is 18.9 Å². The molecule has 0 radical (unpaired) electrons. The molecule has 12 heteroatoms. The summed E-state index contributed by atoms with van der Waals surface area (Å²) in [5.74, 6) is 0.900. The molecule has 2 N–H and O–H groups in total. The van der Waals surface area contributed by atoms with Gasteiger partial charge in [-0.1, -0.05) is 53.4 Å². The first-order valence-corrected chi connectivity index (χ1v) is 17.8. The Morgan fingerprint density at radius 1 is 0.500 bits per heavy atom. The number of carbonyl (C=O) groups excluding carboxylic acids is 4. The number of unbranched alkanes of at least 4 members (excludes halogenated alkanes) is 7. The van der Waals surface area contributed by atoms with E-state index in [-0.39, 0.29) is 25.2 Å². The van der Waals surface area contributed by atoms with Crippen molar-refractivity contribution in [1.82, 2.24) is 0 Å². The number of ether oxygens (including phenoxy) is 6. The van der Waals surface area contributed by atoms with E-state index in [0.29, 0.717) is 48.9 Å². The van der Waals surface area contributed by atoms with Gasteiger partial charge in [0.25, 0.3) is 0 Å². The van der Waals surface area contributed by atoms with Crippen LogP contribution in [-0.4, -0.2) is 64.8 Å². The van der Waals surface area contributed by atoms with Gasteiger partial charge in [-0.15, -0.1) is 0 Å². The Hall–Kier alpha value is -4.48. The summed E-state index contributed by atoms with van der Waals surface area (Å²) in [7, 11) is 2.75. The quantitative estimate of drug-likeness (QED) is 0.0690. The highest BCUT2D eigenvalue weighted by Gasteiger charge is 2.07. The summed E-state index contributed by atoms with van der Waals surface area (Å²) in [6, 6.07) is 13.6. The van der Waals surface area contributed by atoms with E-state index >= 15 is 0 Å². The lowest BCUT2D eigenvalue weighted by molar-refractivity contribution is -0.141. The van der Waals surface area contributed by atoms with Crippen molar-refractivity contribution in [2.75, 3.05) is 51.3 Å². The first-order valence-electron chi connectivity index (χ1n) is 17.8. The monoisotopic (exact) mass is 704 g/mol. The summed E-state index contributed by atoms with van der Waals surface area (Å²) >= 11 is 0. The van der Waals surface area contributed by atoms with Crippen molar-refractivity contribution in [1.29, 1.82) is 0 Å². The third kappa shape index (κ3) is 25.5. The largest absolute Gasteiger partial charge is 0.494 e. The highest BCUT2D eigenvalue weighted by atomic mass is 16.6. The molecule has 2 aromatic carbocycles. The molecule has 0 spiro atoms. The van der Waals surface area contributed by atoms with Gasteiger partial charge in [0.15, 0.2) is 0 Å². The minimum Gasteiger partial charge on any atom is -0.494 e. The predicted octanol–water partition coefficient (Wildman–Crippen LogP) is 9.32. The summed E-state index contributed by atoms with van der Waals surface area (Å²) < 4.78 is 30.6. The lowest BCUT2D eigenvalue weighted by Gasteiger charge is -2.10. The molecule has 0 bridgehead atoms. The van der Waals surface area contributed by atoms with Crippen LogP contribution >= 0.6 is 0 Å². The van der Waals surface area contributed by atoms with Crippen molar-refractivity contribution >= 4 is 35.5 Å². The summed E-state index contributed by atoms with van der Waals surface area (Å²) in [4.78, 5) is 46.1. The number of methoxy groups -OCH3 is 2. The SMILES string of the molecule is CC.CCCCCC.COC(=O)CCCCCOc1ccc(NC(=O)OCCOC(=O)Nc2ccc(OCCCCCC(=O)OC)cc2)cc1. The summed E-state index contributed by atoms with van der Waals surface area (Å²) in [5, 5.41) is 5.17. The van der Waals surface area contributed by atoms with Crippen molar-refractivity contribution in [3.05, 3.63) is 48.5 Å². The van der Waals surface area contributed by atoms with E-state index in [1.807, 2.05) is 13.8 Å². The van der Waals surface area contributed by atoms with Crippen LogP contribution in [0.1, 0.15) is 105 Å². The van der Waals surface area contributed by atoms with Gasteiger partial charge in [-0.3, -0.25) is 20.2 Å². The van der Waals surface area contributed by atoms with E-state index in [9.17, 15) is 19.2 Å². The van der Waals surface area contributed by atoms with E-state index in [0.717, 1.165) is 38.5 Å². The van der Waals surface area contributed by atoms with Gasteiger partial charge in [0.2, 0.25) is 0 Å². The second kappa shape index (κ2) is 31.8. The van der Waals surface area contributed by atoms with E-state index in [2.05, 4.69) is 34.0 Å². The van der Waals surface area contributed by atoms with Gasteiger partial charge in [0, 0.05) is 24.2 Å². The zero-order valence-electron chi connectivity index (χ0n) is 31.0. The Kier molecular flexibility index (Phi) is 28.9. The number of anilines is 2. The molecule has 0 saturated carbocycles. The van der Waals surface area contributed by atoms with E-state index in [1.165, 1.54) is 39.9 Å². The van der Waals surface area contributed by atoms with Crippen molar-refractivity contribution in [2.24, 2.45) is 0 Å². The highest BCUT2D eigenvalue weighted by Crippen LogP contribution is 2.18. The molecule has 0 fully saturated rings. The second-order valence-corrected chi connectivity index (χ2v) is 10.7. The van der Waals surface area contributed by atoms with Crippen LogP contribution in [0, 0.1) is 0 Å². The van der Waals surface area contributed by atoms with Crippen LogP contribution in [0.25, 0.3) is 0 Å². The Morgan fingerprint density at radius 2 is 0.860 bits per heavy atom. The predicted molar refractivity (Wildman–Crippen MR) is 196 cm³/mol. The number of nitrogens with one attached hydrogen (secondary N) is 2. The third-order valence-electron chi connectivity index (χ3n) is 6.75. The van der Waals surface area contributed by atoms with Crippen molar-refractivity contribution in [3.63, 3.8) is 0 Å². The molecule has 50 heavy (non-hydrogen) atoms. The lowest BCUT2D eigenvalue weighted by Crippen LogP contribution is -2.20. The minimum absolute atomic E-state index is 0.122. The van der Waals surface area contributed by atoms with Gasteiger partial charge in [0.1, 0.15) is 24.7 Å². The van der Waals surface area contributed by atoms with E-state index in [1.54, 1.807) is 48.5 Å². The molecular formula is C38H60N2O10. The second-order valence-electron chi connectivity index (χ2n) is 10.7. The molecule has 282 valence electrons. The van der Waals surface area contributed by atoms with Gasteiger partial charge in [-0.05, 0) is 87.1 Å². The Labute approximate surface area is 298 Å². The number of hydrogen-bond acceptors (Lipinski definition) is 10. The molecule has 0 saturated heterocycles. The molecule has 0 unspecified atom stereocenters. The molecular weight excluding hydrogens is 644 g/mol. The van der Waals surface area contributed by atoms with E-state index < -0.39 is 12.2 Å².